The number of aryl methyl sites for hydroxylation is 2. The number of Topliss-reactive ketones (excluding diaryl/α,β-unsaturated/α-hetero) is 1. The first-order chi connectivity index (χ1) is 9.93. The predicted octanol–water partition coefficient (Wildman–Crippen LogP) is 4.59. The van der Waals surface area contributed by atoms with Gasteiger partial charge in [-0.05, 0) is 48.7 Å². The molecule has 0 N–H and O–H groups in total. The highest BCUT2D eigenvalue weighted by Gasteiger charge is 2.24. The van der Waals surface area contributed by atoms with Crippen molar-refractivity contribution >= 4 is 17.4 Å². The third-order valence-electron chi connectivity index (χ3n) is 3.46. The van der Waals surface area contributed by atoms with Gasteiger partial charge < -0.3 is 0 Å². The van der Waals surface area contributed by atoms with Gasteiger partial charge in [-0.25, -0.2) is 4.39 Å². The molecule has 0 amide bonds. The molecule has 0 aliphatic heterocycles. The fourth-order valence-corrected chi connectivity index (χ4v) is 2.34. The lowest BCUT2D eigenvalue weighted by molar-refractivity contribution is 0.0978. The number of halogens is 2. The van der Waals surface area contributed by atoms with Crippen molar-refractivity contribution in [3.8, 4) is 6.07 Å². The van der Waals surface area contributed by atoms with E-state index in [1.165, 1.54) is 12.1 Å². The molecule has 0 heterocycles. The van der Waals surface area contributed by atoms with Gasteiger partial charge >= 0.3 is 0 Å². The summed E-state index contributed by atoms with van der Waals surface area (Å²) >= 11 is 5.95. The minimum absolute atomic E-state index is 0.0822. The van der Waals surface area contributed by atoms with Gasteiger partial charge in [-0.15, -0.1) is 0 Å². The number of ketones is 1. The summed E-state index contributed by atoms with van der Waals surface area (Å²) in [6, 6.07) is 10.9. The summed E-state index contributed by atoms with van der Waals surface area (Å²) in [7, 11) is 0. The van der Waals surface area contributed by atoms with E-state index in [4.69, 9.17) is 11.6 Å². The highest BCUT2D eigenvalue weighted by atomic mass is 35.5. The monoisotopic (exact) mass is 301 g/mol. The number of nitrogens with zero attached hydrogens (tertiary/aromatic N) is 1. The number of rotatable bonds is 3. The Morgan fingerprint density at radius 1 is 1.19 bits per heavy atom. The Labute approximate surface area is 127 Å². The van der Waals surface area contributed by atoms with Crippen molar-refractivity contribution in [2.75, 3.05) is 0 Å². The summed E-state index contributed by atoms with van der Waals surface area (Å²) in [6.07, 6.45) is 0. The molecule has 0 aromatic heterocycles. The standard InChI is InChI=1S/C17H13ClFNO/c1-10-3-4-12(7-11(10)2)17(21)15(9-20)14-6-5-13(19)8-16(14)18/h3-8,15H,1-2H3. The Morgan fingerprint density at radius 3 is 2.48 bits per heavy atom. The second-order valence-electron chi connectivity index (χ2n) is 4.89. The molecule has 2 aromatic rings. The number of nitriles is 1. The van der Waals surface area contributed by atoms with Crippen molar-refractivity contribution in [1.82, 2.24) is 0 Å². The largest absolute Gasteiger partial charge is 0.292 e. The lowest BCUT2D eigenvalue weighted by atomic mass is 9.90. The van der Waals surface area contributed by atoms with Crippen molar-refractivity contribution in [3.63, 3.8) is 0 Å². The van der Waals surface area contributed by atoms with E-state index in [2.05, 4.69) is 0 Å². The Balaban J connectivity index is 2.43. The highest BCUT2D eigenvalue weighted by molar-refractivity contribution is 6.31. The molecule has 0 bridgehead atoms. The van der Waals surface area contributed by atoms with Gasteiger partial charge in [0.15, 0.2) is 5.78 Å². The summed E-state index contributed by atoms with van der Waals surface area (Å²) < 4.78 is 13.1. The van der Waals surface area contributed by atoms with Crippen molar-refractivity contribution in [1.29, 1.82) is 5.26 Å². The van der Waals surface area contributed by atoms with Gasteiger partial charge in [-0.1, -0.05) is 29.8 Å². The third-order valence-corrected chi connectivity index (χ3v) is 3.78. The van der Waals surface area contributed by atoms with E-state index in [9.17, 15) is 14.4 Å². The predicted molar refractivity (Wildman–Crippen MR) is 80.0 cm³/mol. The average molecular weight is 302 g/mol. The quantitative estimate of drug-likeness (QED) is 0.778. The van der Waals surface area contributed by atoms with Crippen LogP contribution in [0.25, 0.3) is 0 Å². The third kappa shape index (κ3) is 3.12. The lowest BCUT2D eigenvalue weighted by Crippen LogP contribution is -2.12. The van der Waals surface area contributed by atoms with E-state index in [-0.39, 0.29) is 10.8 Å². The zero-order chi connectivity index (χ0) is 15.6. The van der Waals surface area contributed by atoms with Crippen molar-refractivity contribution in [3.05, 3.63) is 69.5 Å². The molecule has 2 nitrogen and oxygen atoms in total. The summed E-state index contributed by atoms with van der Waals surface area (Å²) in [6.45, 7) is 3.85. The molecule has 0 spiro atoms. The van der Waals surface area contributed by atoms with Gasteiger partial charge in [0.05, 0.1) is 6.07 Å². The number of hydrogen-bond donors (Lipinski definition) is 0. The van der Waals surface area contributed by atoms with E-state index >= 15 is 0 Å². The fourth-order valence-electron chi connectivity index (χ4n) is 2.07. The molecule has 106 valence electrons. The van der Waals surface area contributed by atoms with Crippen LogP contribution < -0.4 is 0 Å². The van der Waals surface area contributed by atoms with Gasteiger partial charge in [0.2, 0.25) is 0 Å². The van der Waals surface area contributed by atoms with Crippen LogP contribution in [0.3, 0.4) is 0 Å². The Hall–Kier alpha value is -2.18. The lowest BCUT2D eigenvalue weighted by Gasteiger charge is -2.11. The SMILES string of the molecule is Cc1ccc(C(=O)C(C#N)c2ccc(F)cc2Cl)cc1C. The summed E-state index contributed by atoms with van der Waals surface area (Å²) in [4.78, 5) is 12.5. The number of benzene rings is 2. The molecule has 0 aliphatic rings. The molecule has 21 heavy (non-hydrogen) atoms. The van der Waals surface area contributed by atoms with E-state index in [1.807, 2.05) is 26.0 Å². The van der Waals surface area contributed by atoms with Crippen LogP contribution in [0.15, 0.2) is 36.4 Å². The van der Waals surface area contributed by atoms with Crippen LogP contribution in [0, 0.1) is 31.0 Å². The smallest absolute Gasteiger partial charge is 0.184 e. The van der Waals surface area contributed by atoms with Crippen molar-refractivity contribution < 1.29 is 9.18 Å². The molecule has 0 radical (unpaired) electrons. The molecule has 1 atom stereocenters. The minimum Gasteiger partial charge on any atom is -0.292 e. The molecule has 1 unspecified atom stereocenters. The minimum atomic E-state index is -1.04. The van der Waals surface area contributed by atoms with E-state index < -0.39 is 11.7 Å². The molecule has 0 saturated heterocycles. The fraction of sp³-hybridized carbons (Fsp3) is 0.176. The molecule has 2 aromatic carbocycles. The maximum Gasteiger partial charge on any atom is 0.184 e. The van der Waals surface area contributed by atoms with Crippen molar-refractivity contribution in [2.24, 2.45) is 0 Å². The molecule has 4 heteroatoms. The zero-order valence-corrected chi connectivity index (χ0v) is 12.4. The van der Waals surface area contributed by atoms with Crippen LogP contribution in [-0.2, 0) is 0 Å². The van der Waals surface area contributed by atoms with Crippen LogP contribution in [0.5, 0.6) is 0 Å². The molecule has 2 rings (SSSR count). The molecule has 0 saturated carbocycles. The maximum absolute atomic E-state index is 13.1. The van der Waals surface area contributed by atoms with E-state index in [0.29, 0.717) is 11.1 Å². The first-order valence-corrected chi connectivity index (χ1v) is 6.78. The van der Waals surface area contributed by atoms with Crippen LogP contribution in [-0.4, -0.2) is 5.78 Å². The van der Waals surface area contributed by atoms with Gasteiger partial charge in [-0.3, -0.25) is 4.79 Å². The summed E-state index contributed by atoms with van der Waals surface area (Å²) in [5.41, 5.74) is 2.82. The molecule has 0 fully saturated rings. The first kappa shape index (κ1) is 15.2. The normalized spacial score (nSPS) is 11.8. The summed E-state index contributed by atoms with van der Waals surface area (Å²) in [5.74, 6) is -1.88. The first-order valence-electron chi connectivity index (χ1n) is 6.40. The van der Waals surface area contributed by atoms with E-state index in [0.717, 1.165) is 17.2 Å². The van der Waals surface area contributed by atoms with Crippen LogP contribution in [0.4, 0.5) is 4.39 Å². The van der Waals surface area contributed by atoms with Crippen LogP contribution in [0.2, 0.25) is 5.02 Å². The molecular formula is C17H13ClFNO. The van der Waals surface area contributed by atoms with Gasteiger partial charge in [-0.2, -0.15) is 5.26 Å². The van der Waals surface area contributed by atoms with Gasteiger partial charge in [0.1, 0.15) is 11.7 Å². The number of hydrogen-bond acceptors (Lipinski definition) is 2. The maximum atomic E-state index is 13.1. The second-order valence-corrected chi connectivity index (χ2v) is 5.30. The van der Waals surface area contributed by atoms with Crippen LogP contribution in [0.1, 0.15) is 33.0 Å². The Morgan fingerprint density at radius 2 is 1.90 bits per heavy atom. The molecular weight excluding hydrogens is 289 g/mol. The van der Waals surface area contributed by atoms with Gasteiger partial charge in [0, 0.05) is 10.6 Å². The Kier molecular flexibility index (Phi) is 4.40. The van der Waals surface area contributed by atoms with Crippen molar-refractivity contribution in [2.45, 2.75) is 19.8 Å². The number of carbonyl (C=O) groups excluding carboxylic acids is 1. The zero-order valence-electron chi connectivity index (χ0n) is 11.7. The highest BCUT2D eigenvalue weighted by Crippen LogP contribution is 2.28. The average Bonchev–Trinajstić information content (AvgIpc) is 2.44. The van der Waals surface area contributed by atoms with E-state index in [1.54, 1.807) is 12.1 Å². The second kappa shape index (κ2) is 6.07. The topological polar surface area (TPSA) is 40.9 Å². The Bertz CT molecular complexity index is 749. The van der Waals surface area contributed by atoms with Crippen LogP contribution >= 0.6 is 11.6 Å². The summed E-state index contributed by atoms with van der Waals surface area (Å²) in [5, 5.41) is 9.39. The van der Waals surface area contributed by atoms with Gasteiger partial charge in [0.25, 0.3) is 0 Å². The molecule has 0 aliphatic carbocycles. The number of carbonyl (C=O) groups is 1.